The molecule has 27 heavy (non-hydrogen) atoms. The van der Waals surface area contributed by atoms with Crippen molar-refractivity contribution in [2.45, 2.75) is 30.6 Å². The van der Waals surface area contributed by atoms with E-state index in [0.717, 1.165) is 34.8 Å². The van der Waals surface area contributed by atoms with Crippen LogP contribution in [0.1, 0.15) is 35.9 Å². The van der Waals surface area contributed by atoms with Gasteiger partial charge in [0.05, 0.1) is 27.5 Å². The lowest BCUT2D eigenvalue weighted by atomic mass is 10.2. The molecule has 2 aliphatic rings. The van der Waals surface area contributed by atoms with Gasteiger partial charge in [-0.15, -0.1) is 11.8 Å². The van der Waals surface area contributed by atoms with Crippen LogP contribution in [-0.2, 0) is 0 Å². The van der Waals surface area contributed by atoms with E-state index in [2.05, 4.69) is 15.1 Å². The second-order valence-corrected chi connectivity index (χ2v) is 8.45. The van der Waals surface area contributed by atoms with E-state index in [9.17, 15) is 9.90 Å². The molecule has 3 aromatic heterocycles. The lowest BCUT2D eigenvalue weighted by Crippen LogP contribution is -2.20. The third-order valence-electron chi connectivity index (χ3n) is 4.47. The van der Waals surface area contributed by atoms with Crippen LogP contribution in [-0.4, -0.2) is 35.7 Å². The van der Waals surface area contributed by atoms with Crippen molar-refractivity contribution >= 4 is 35.1 Å². The zero-order chi connectivity index (χ0) is 18.5. The first kappa shape index (κ1) is 16.6. The van der Waals surface area contributed by atoms with Gasteiger partial charge >= 0.3 is 5.69 Å². The molecule has 1 atom stereocenters. The molecule has 0 radical (unpaired) electrons. The van der Waals surface area contributed by atoms with Crippen molar-refractivity contribution in [1.82, 2.24) is 24.6 Å². The monoisotopic (exact) mass is 402 g/mol. The summed E-state index contributed by atoms with van der Waals surface area (Å²) < 4.78 is 2.47. The standard InChI is InChI=1S/C17H15ClN6O2S/c18-13-4-3-12(27-13)10-6-14(20-9-1-2-9)24-15(21-10)8(7-19-24)5-11-16(25)23-17(26)22-11/h4-7,9,12,25H,1-3H2,(H2,22,23,26). The Morgan fingerprint density at radius 1 is 1.41 bits per heavy atom. The summed E-state index contributed by atoms with van der Waals surface area (Å²) in [5, 5.41) is 15.1. The van der Waals surface area contributed by atoms with Crippen molar-refractivity contribution < 1.29 is 5.11 Å². The third-order valence-corrected chi connectivity index (χ3v) is 6.01. The lowest BCUT2D eigenvalue weighted by molar-refractivity contribution is 0.454. The van der Waals surface area contributed by atoms with E-state index in [-0.39, 0.29) is 16.8 Å². The van der Waals surface area contributed by atoms with Crippen LogP contribution in [0.15, 0.2) is 32.5 Å². The van der Waals surface area contributed by atoms with E-state index in [1.807, 2.05) is 12.1 Å². The number of hydrogen-bond acceptors (Lipinski definition) is 6. The summed E-state index contributed by atoms with van der Waals surface area (Å²) in [7, 11) is 0. The first-order valence-electron chi connectivity index (χ1n) is 8.54. The molecule has 0 spiro atoms. The van der Waals surface area contributed by atoms with Crippen molar-refractivity contribution in [3.05, 3.63) is 55.3 Å². The van der Waals surface area contributed by atoms with Gasteiger partial charge in [-0.2, -0.15) is 9.61 Å². The smallest absolute Gasteiger partial charge is 0.326 e. The number of aromatic hydroxyl groups is 1. The van der Waals surface area contributed by atoms with Crippen LogP contribution in [0.25, 0.3) is 11.7 Å². The molecule has 10 heteroatoms. The predicted octanol–water partition coefficient (Wildman–Crippen LogP) is 1.32. The van der Waals surface area contributed by atoms with Gasteiger partial charge in [0, 0.05) is 11.3 Å². The molecular formula is C17H15ClN6O2S. The molecule has 8 nitrogen and oxygen atoms in total. The van der Waals surface area contributed by atoms with Crippen molar-refractivity contribution in [3.8, 4) is 5.88 Å². The Hall–Kier alpha value is -2.52. The number of hydrogen-bond donors (Lipinski definition) is 3. The molecular weight excluding hydrogens is 388 g/mol. The fourth-order valence-corrected chi connectivity index (χ4v) is 4.30. The number of nitrogens with zero attached hydrogens (tertiary/aromatic N) is 4. The molecule has 1 aliphatic carbocycles. The van der Waals surface area contributed by atoms with Gasteiger partial charge in [-0.25, -0.2) is 9.78 Å². The molecule has 4 heterocycles. The zero-order valence-electron chi connectivity index (χ0n) is 14.0. The van der Waals surface area contributed by atoms with Crippen molar-refractivity contribution in [2.75, 3.05) is 0 Å². The average molecular weight is 403 g/mol. The molecule has 1 aliphatic heterocycles. The highest BCUT2D eigenvalue weighted by molar-refractivity contribution is 8.05. The van der Waals surface area contributed by atoms with E-state index in [4.69, 9.17) is 21.6 Å². The molecule has 1 saturated carbocycles. The molecule has 0 aromatic carbocycles. The van der Waals surface area contributed by atoms with E-state index >= 15 is 0 Å². The maximum atomic E-state index is 11.4. The summed E-state index contributed by atoms with van der Waals surface area (Å²) in [5.41, 5.74) is 2.07. The molecule has 0 amide bonds. The summed E-state index contributed by atoms with van der Waals surface area (Å²) in [6, 6.07) is 2.31. The number of H-pyrrole nitrogens is 2. The Morgan fingerprint density at radius 3 is 2.93 bits per heavy atom. The minimum Gasteiger partial charge on any atom is -0.493 e. The SMILES string of the molecule is O=c1[nH]c(O)c(C=c2cnn3c(=NC4CC4)cc(C4CC=C(Cl)S4)nc23)[nH]1. The Balaban J connectivity index is 1.72. The van der Waals surface area contributed by atoms with Crippen molar-refractivity contribution in [1.29, 1.82) is 0 Å². The van der Waals surface area contributed by atoms with Gasteiger partial charge < -0.3 is 10.1 Å². The van der Waals surface area contributed by atoms with Gasteiger partial charge in [-0.3, -0.25) is 9.98 Å². The highest BCUT2D eigenvalue weighted by Gasteiger charge is 2.23. The minimum absolute atomic E-state index is 0.138. The van der Waals surface area contributed by atoms with Crippen LogP contribution >= 0.6 is 23.4 Å². The number of aromatic amines is 2. The topological polar surface area (TPSA) is 111 Å². The number of halogens is 1. The van der Waals surface area contributed by atoms with E-state index in [1.165, 1.54) is 0 Å². The molecule has 1 unspecified atom stereocenters. The number of nitrogens with one attached hydrogen (secondary N) is 2. The molecule has 3 aromatic rings. The Bertz CT molecular complexity index is 1250. The lowest BCUT2D eigenvalue weighted by Gasteiger charge is -2.08. The van der Waals surface area contributed by atoms with Crippen LogP contribution in [0.4, 0.5) is 0 Å². The van der Waals surface area contributed by atoms with Gasteiger partial charge in [0.2, 0.25) is 5.88 Å². The highest BCUT2D eigenvalue weighted by Crippen LogP contribution is 2.44. The molecule has 138 valence electrons. The number of thioether (sulfide) groups is 1. The van der Waals surface area contributed by atoms with Crippen LogP contribution in [0.3, 0.4) is 0 Å². The Labute approximate surface area is 161 Å². The number of fused-ring (bicyclic) bond motifs is 1. The zero-order valence-corrected chi connectivity index (χ0v) is 15.6. The summed E-state index contributed by atoms with van der Waals surface area (Å²) in [6.07, 6.45) is 8.27. The summed E-state index contributed by atoms with van der Waals surface area (Å²) in [5.74, 6) is -0.222. The van der Waals surface area contributed by atoms with E-state index < -0.39 is 5.69 Å². The maximum Gasteiger partial charge on any atom is 0.326 e. The highest BCUT2D eigenvalue weighted by atomic mass is 35.5. The second kappa shape index (κ2) is 6.28. The van der Waals surface area contributed by atoms with Gasteiger partial charge in [0.15, 0.2) is 11.1 Å². The Morgan fingerprint density at radius 2 is 2.26 bits per heavy atom. The van der Waals surface area contributed by atoms with Crippen LogP contribution in [0.2, 0.25) is 0 Å². The third kappa shape index (κ3) is 3.17. The van der Waals surface area contributed by atoms with Gasteiger partial charge in [0.25, 0.3) is 0 Å². The van der Waals surface area contributed by atoms with Gasteiger partial charge in [-0.05, 0) is 25.3 Å². The number of rotatable bonds is 3. The normalized spacial score (nSPS) is 21.4. The molecule has 5 rings (SSSR count). The summed E-state index contributed by atoms with van der Waals surface area (Å²) in [4.78, 5) is 25.8. The summed E-state index contributed by atoms with van der Waals surface area (Å²) in [6.45, 7) is 0. The fraction of sp³-hybridized carbons (Fsp3) is 0.294. The molecule has 1 fully saturated rings. The fourth-order valence-electron chi connectivity index (χ4n) is 2.99. The van der Waals surface area contributed by atoms with Gasteiger partial charge in [-0.1, -0.05) is 17.7 Å². The quantitative estimate of drug-likeness (QED) is 0.611. The van der Waals surface area contributed by atoms with Crippen molar-refractivity contribution in [2.24, 2.45) is 4.99 Å². The average Bonchev–Trinajstić information content (AvgIpc) is 3.04. The number of allylic oxidation sites excluding steroid dienone is 1. The van der Waals surface area contributed by atoms with E-state index in [1.54, 1.807) is 28.6 Å². The Kier molecular flexibility index (Phi) is 3.87. The first-order chi connectivity index (χ1) is 13.1. The van der Waals surface area contributed by atoms with Gasteiger partial charge in [0.1, 0.15) is 5.69 Å². The van der Waals surface area contributed by atoms with Crippen LogP contribution in [0, 0.1) is 0 Å². The summed E-state index contributed by atoms with van der Waals surface area (Å²) >= 11 is 7.71. The maximum absolute atomic E-state index is 11.4. The largest absolute Gasteiger partial charge is 0.493 e. The van der Waals surface area contributed by atoms with Crippen LogP contribution in [0.5, 0.6) is 5.88 Å². The number of imidazole rings is 1. The molecule has 3 N–H and O–H groups in total. The van der Waals surface area contributed by atoms with Crippen LogP contribution < -0.4 is 16.4 Å². The number of aromatic nitrogens is 5. The second-order valence-electron chi connectivity index (χ2n) is 6.57. The first-order valence-corrected chi connectivity index (χ1v) is 9.80. The van der Waals surface area contributed by atoms with Crippen molar-refractivity contribution in [3.63, 3.8) is 0 Å². The molecule has 0 saturated heterocycles. The van der Waals surface area contributed by atoms with E-state index in [0.29, 0.717) is 16.9 Å². The predicted molar refractivity (Wildman–Crippen MR) is 102 cm³/mol. The minimum atomic E-state index is -0.476. The molecule has 0 bridgehead atoms.